The van der Waals surface area contributed by atoms with Crippen molar-refractivity contribution in [1.29, 1.82) is 0 Å². The second kappa shape index (κ2) is 8.46. The molecule has 2 aromatic rings. The number of hydrogen-bond donors (Lipinski definition) is 0. The summed E-state index contributed by atoms with van der Waals surface area (Å²) in [5.41, 5.74) is 1.13. The maximum Gasteiger partial charge on any atom is 0.415 e. The molecule has 1 amide bonds. The molecule has 0 N–H and O–H groups in total. The summed E-state index contributed by atoms with van der Waals surface area (Å²) in [6, 6.07) is 10.0. The second-order valence-electron chi connectivity index (χ2n) is 6.68. The van der Waals surface area contributed by atoms with Gasteiger partial charge in [-0.05, 0) is 35.9 Å². The van der Waals surface area contributed by atoms with Gasteiger partial charge < -0.3 is 28.6 Å². The zero-order valence-electron chi connectivity index (χ0n) is 16.7. The van der Waals surface area contributed by atoms with Crippen LogP contribution in [0, 0.1) is 0 Å². The molecule has 30 heavy (non-hydrogen) atoms. The fourth-order valence-electron chi connectivity index (χ4n) is 3.24. The molecular formula is C22H21NO7. The smallest absolute Gasteiger partial charge is 0.415 e. The lowest BCUT2D eigenvalue weighted by Crippen LogP contribution is -2.42. The number of hydrogen-bond acceptors (Lipinski definition) is 7. The predicted molar refractivity (Wildman–Crippen MR) is 107 cm³/mol. The molecule has 4 rings (SSSR count). The normalized spacial score (nSPS) is 16.8. The quantitative estimate of drug-likeness (QED) is 0.715. The highest BCUT2D eigenvalue weighted by atomic mass is 16.6. The molecule has 1 fully saturated rings. The fourth-order valence-corrected chi connectivity index (χ4v) is 3.24. The van der Waals surface area contributed by atoms with Crippen molar-refractivity contribution in [3.05, 3.63) is 53.3 Å². The van der Waals surface area contributed by atoms with Crippen LogP contribution in [0.1, 0.15) is 15.9 Å². The molecule has 156 valence electrons. The van der Waals surface area contributed by atoms with Crippen molar-refractivity contribution >= 4 is 18.0 Å². The van der Waals surface area contributed by atoms with Crippen LogP contribution in [0.3, 0.4) is 0 Å². The molecule has 8 heteroatoms. The van der Waals surface area contributed by atoms with Gasteiger partial charge in [-0.1, -0.05) is 6.07 Å². The number of rotatable bonds is 4. The van der Waals surface area contributed by atoms with Crippen molar-refractivity contribution in [1.82, 2.24) is 4.90 Å². The Kier molecular flexibility index (Phi) is 5.58. The van der Waals surface area contributed by atoms with E-state index in [0.717, 1.165) is 5.56 Å². The highest BCUT2D eigenvalue weighted by Crippen LogP contribution is 2.36. The third-order valence-electron chi connectivity index (χ3n) is 4.82. The molecule has 2 aliphatic rings. The van der Waals surface area contributed by atoms with Gasteiger partial charge in [-0.2, -0.15) is 0 Å². The van der Waals surface area contributed by atoms with Gasteiger partial charge in [0.05, 0.1) is 33.0 Å². The van der Waals surface area contributed by atoms with Crippen LogP contribution in [-0.4, -0.2) is 57.3 Å². The van der Waals surface area contributed by atoms with Crippen LogP contribution in [0.25, 0.3) is 6.08 Å². The molecule has 0 radical (unpaired) electrons. The second-order valence-corrected chi connectivity index (χ2v) is 6.68. The van der Waals surface area contributed by atoms with Crippen LogP contribution in [0.2, 0.25) is 0 Å². The average Bonchev–Trinajstić information content (AvgIpc) is 3.08. The minimum atomic E-state index is -0.455. The molecule has 2 heterocycles. The first-order valence-electron chi connectivity index (χ1n) is 9.44. The number of fused-ring (bicyclic) bond motifs is 1. The summed E-state index contributed by atoms with van der Waals surface area (Å²) in [7, 11) is 3.10. The molecule has 0 saturated carbocycles. The van der Waals surface area contributed by atoms with Crippen molar-refractivity contribution in [3.63, 3.8) is 0 Å². The Balaban J connectivity index is 1.51. The zero-order valence-corrected chi connectivity index (χ0v) is 16.7. The monoisotopic (exact) mass is 411 g/mol. The predicted octanol–water partition coefficient (Wildman–Crippen LogP) is 3.15. The van der Waals surface area contributed by atoms with Crippen LogP contribution in [-0.2, 0) is 4.74 Å². The summed E-state index contributed by atoms with van der Waals surface area (Å²) in [6.45, 7) is 1.94. The largest absolute Gasteiger partial charge is 0.493 e. The molecule has 1 saturated heterocycles. The van der Waals surface area contributed by atoms with E-state index in [2.05, 4.69) is 0 Å². The lowest BCUT2D eigenvalue weighted by molar-refractivity contribution is 0.0416. The van der Waals surface area contributed by atoms with Gasteiger partial charge in [-0.25, -0.2) is 4.79 Å². The molecule has 0 atom stereocenters. The lowest BCUT2D eigenvalue weighted by Gasteiger charge is -2.25. The number of benzene rings is 2. The van der Waals surface area contributed by atoms with Crippen molar-refractivity contribution in [2.45, 2.75) is 0 Å². The average molecular weight is 411 g/mol. The molecule has 0 aromatic heterocycles. The van der Waals surface area contributed by atoms with Crippen molar-refractivity contribution in [2.24, 2.45) is 0 Å². The van der Waals surface area contributed by atoms with Crippen LogP contribution < -0.4 is 18.9 Å². The Morgan fingerprint density at radius 3 is 2.53 bits per heavy atom. The third kappa shape index (κ3) is 3.95. The maximum atomic E-state index is 12.7. The molecule has 8 nitrogen and oxygen atoms in total. The molecule has 2 aliphatic heterocycles. The Morgan fingerprint density at radius 2 is 1.80 bits per heavy atom. The van der Waals surface area contributed by atoms with Crippen molar-refractivity contribution in [2.75, 3.05) is 40.5 Å². The summed E-state index contributed by atoms with van der Waals surface area (Å²) in [4.78, 5) is 26.5. The fraction of sp³-hybridized carbons (Fsp3) is 0.273. The molecule has 0 aliphatic carbocycles. The van der Waals surface area contributed by atoms with E-state index >= 15 is 0 Å². The molecule has 0 spiro atoms. The maximum absolute atomic E-state index is 12.7. The molecule has 2 aromatic carbocycles. The Labute approximate surface area is 173 Å². The number of carbonyl (C=O) groups is 2. The van der Waals surface area contributed by atoms with E-state index in [1.54, 1.807) is 61.6 Å². The number of ketones is 1. The van der Waals surface area contributed by atoms with Gasteiger partial charge >= 0.3 is 6.09 Å². The van der Waals surface area contributed by atoms with E-state index in [-0.39, 0.29) is 11.5 Å². The highest BCUT2D eigenvalue weighted by Gasteiger charge is 2.28. The Bertz CT molecular complexity index is 1010. The zero-order chi connectivity index (χ0) is 21.1. The number of carbonyl (C=O) groups excluding carboxylic acids is 2. The number of methoxy groups -OCH3 is 2. The SMILES string of the molecule is COc1ccc(/C=C2/Oc3cc(OC(=O)N4CCOCC4)ccc3C2=O)cc1OC. The van der Waals surface area contributed by atoms with Gasteiger partial charge in [0.2, 0.25) is 5.78 Å². The third-order valence-corrected chi connectivity index (χ3v) is 4.82. The van der Waals surface area contributed by atoms with E-state index in [0.29, 0.717) is 54.9 Å². The van der Waals surface area contributed by atoms with Gasteiger partial charge in [0.15, 0.2) is 17.3 Å². The standard InChI is InChI=1S/C22H21NO7/c1-26-17-6-3-14(11-19(17)27-2)12-20-21(24)16-5-4-15(13-18(16)30-20)29-22(25)23-7-9-28-10-8-23/h3-6,11-13H,7-10H2,1-2H3/b20-12+. The Morgan fingerprint density at radius 1 is 1.03 bits per heavy atom. The van der Waals surface area contributed by atoms with Crippen LogP contribution in [0.4, 0.5) is 4.79 Å². The van der Waals surface area contributed by atoms with E-state index in [1.807, 2.05) is 0 Å². The molecular weight excluding hydrogens is 390 g/mol. The number of ether oxygens (including phenoxy) is 5. The van der Waals surface area contributed by atoms with E-state index < -0.39 is 6.09 Å². The summed E-state index contributed by atoms with van der Waals surface area (Å²) < 4.78 is 26.9. The van der Waals surface area contributed by atoms with Crippen molar-refractivity contribution < 1.29 is 33.3 Å². The summed E-state index contributed by atoms with van der Waals surface area (Å²) >= 11 is 0. The first-order chi connectivity index (χ1) is 14.6. The minimum absolute atomic E-state index is 0.175. The van der Waals surface area contributed by atoms with Crippen LogP contribution >= 0.6 is 0 Å². The Hall–Kier alpha value is -3.52. The number of Topliss-reactive ketones (excluding diaryl/α,β-unsaturated/α-hetero) is 1. The summed E-state index contributed by atoms with van der Waals surface area (Å²) in [5, 5.41) is 0. The van der Waals surface area contributed by atoms with E-state index in [4.69, 9.17) is 23.7 Å². The lowest BCUT2D eigenvalue weighted by atomic mass is 10.1. The number of nitrogens with zero attached hydrogens (tertiary/aromatic N) is 1. The van der Waals surface area contributed by atoms with Crippen LogP contribution in [0.5, 0.6) is 23.0 Å². The van der Waals surface area contributed by atoms with E-state index in [1.165, 1.54) is 0 Å². The van der Waals surface area contributed by atoms with Gasteiger partial charge in [0.1, 0.15) is 11.5 Å². The first-order valence-corrected chi connectivity index (χ1v) is 9.44. The molecule has 0 unspecified atom stereocenters. The van der Waals surface area contributed by atoms with Crippen LogP contribution in [0.15, 0.2) is 42.2 Å². The number of allylic oxidation sites excluding steroid dienone is 1. The summed E-state index contributed by atoms with van der Waals surface area (Å²) in [6.07, 6.45) is 1.17. The first kappa shape index (κ1) is 19.8. The van der Waals surface area contributed by atoms with Gasteiger partial charge in [0.25, 0.3) is 0 Å². The minimum Gasteiger partial charge on any atom is -0.493 e. The van der Waals surface area contributed by atoms with Gasteiger partial charge in [-0.15, -0.1) is 0 Å². The van der Waals surface area contributed by atoms with Gasteiger partial charge in [-0.3, -0.25) is 4.79 Å². The van der Waals surface area contributed by atoms with Crippen molar-refractivity contribution in [3.8, 4) is 23.0 Å². The van der Waals surface area contributed by atoms with E-state index in [9.17, 15) is 9.59 Å². The highest BCUT2D eigenvalue weighted by molar-refractivity contribution is 6.14. The van der Waals surface area contributed by atoms with Gasteiger partial charge in [0, 0.05) is 19.2 Å². The summed E-state index contributed by atoms with van der Waals surface area (Å²) in [5.74, 6) is 1.73. The topological polar surface area (TPSA) is 83.5 Å². The number of amides is 1. The number of morpholine rings is 1. The molecule has 0 bridgehead atoms.